The molecule has 9 heteroatoms. The van der Waals surface area contributed by atoms with Gasteiger partial charge in [0.2, 0.25) is 0 Å². The zero-order chi connectivity index (χ0) is 25.9. The monoisotopic (exact) mass is 510 g/mol. The van der Waals surface area contributed by atoms with E-state index in [2.05, 4.69) is 4.72 Å². The highest BCUT2D eigenvalue weighted by molar-refractivity contribution is 7.92. The van der Waals surface area contributed by atoms with Crippen LogP contribution >= 0.6 is 0 Å². The Labute approximate surface area is 211 Å². The molecule has 0 spiro atoms. The SMILES string of the molecule is COc1ccccc1S(=O)(=O)Nc1cccc(O[C@H]2CN(C(=O)c3cc(C)ccc3C)C[C@@H]2OC)c1. The van der Waals surface area contributed by atoms with Gasteiger partial charge in [0.15, 0.2) is 0 Å². The topological polar surface area (TPSA) is 94.2 Å². The van der Waals surface area contributed by atoms with Crippen LogP contribution in [0.15, 0.2) is 71.6 Å². The van der Waals surface area contributed by atoms with Crippen LogP contribution in [-0.2, 0) is 14.8 Å². The van der Waals surface area contributed by atoms with Crippen molar-refractivity contribution in [1.82, 2.24) is 4.90 Å². The predicted molar refractivity (Wildman–Crippen MR) is 137 cm³/mol. The van der Waals surface area contributed by atoms with Crippen molar-refractivity contribution in [3.8, 4) is 11.5 Å². The highest BCUT2D eigenvalue weighted by Crippen LogP contribution is 2.28. The average molecular weight is 511 g/mol. The van der Waals surface area contributed by atoms with Gasteiger partial charge in [0.05, 0.1) is 25.9 Å². The Morgan fingerprint density at radius 1 is 0.944 bits per heavy atom. The van der Waals surface area contributed by atoms with Crippen LogP contribution in [0.5, 0.6) is 11.5 Å². The second-order valence-corrected chi connectivity index (χ2v) is 10.4. The molecule has 0 aliphatic carbocycles. The number of rotatable bonds is 8. The Morgan fingerprint density at radius 3 is 2.44 bits per heavy atom. The lowest BCUT2D eigenvalue weighted by atomic mass is 10.0. The zero-order valence-electron chi connectivity index (χ0n) is 20.7. The first-order valence-corrected chi connectivity index (χ1v) is 13.0. The first kappa shape index (κ1) is 25.5. The van der Waals surface area contributed by atoms with E-state index in [1.54, 1.807) is 54.5 Å². The van der Waals surface area contributed by atoms with Crippen molar-refractivity contribution in [1.29, 1.82) is 0 Å². The van der Waals surface area contributed by atoms with E-state index < -0.39 is 16.1 Å². The largest absolute Gasteiger partial charge is 0.495 e. The highest BCUT2D eigenvalue weighted by atomic mass is 32.2. The van der Waals surface area contributed by atoms with Crippen molar-refractivity contribution in [3.05, 3.63) is 83.4 Å². The number of hydrogen-bond acceptors (Lipinski definition) is 6. The van der Waals surface area contributed by atoms with Crippen LogP contribution in [0.1, 0.15) is 21.5 Å². The van der Waals surface area contributed by atoms with Crippen LogP contribution in [-0.4, -0.2) is 58.7 Å². The summed E-state index contributed by atoms with van der Waals surface area (Å²) in [6.45, 7) is 4.62. The number of amides is 1. The molecule has 1 fully saturated rings. The van der Waals surface area contributed by atoms with Crippen molar-refractivity contribution in [2.75, 3.05) is 32.0 Å². The normalized spacial score (nSPS) is 17.6. The van der Waals surface area contributed by atoms with Gasteiger partial charge in [-0.15, -0.1) is 0 Å². The minimum absolute atomic E-state index is 0.0367. The molecule has 1 aliphatic rings. The van der Waals surface area contributed by atoms with Gasteiger partial charge in [0.25, 0.3) is 15.9 Å². The van der Waals surface area contributed by atoms with Crippen LogP contribution in [0.2, 0.25) is 0 Å². The summed E-state index contributed by atoms with van der Waals surface area (Å²) in [6, 6.07) is 18.9. The molecule has 3 aromatic rings. The molecule has 1 aliphatic heterocycles. The Balaban J connectivity index is 1.49. The number of carbonyl (C=O) groups is 1. The zero-order valence-corrected chi connectivity index (χ0v) is 21.5. The maximum absolute atomic E-state index is 13.2. The van der Waals surface area contributed by atoms with E-state index in [1.165, 1.54) is 13.2 Å². The van der Waals surface area contributed by atoms with Gasteiger partial charge in [-0.3, -0.25) is 9.52 Å². The second-order valence-electron chi connectivity index (χ2n) is 8.74. The highest BCUT2D eigenvalue weighted by Gasteiger charge is 2.37. The number of hydrogen-bond donors (Lipinski definition) is 1. The minimum Gasteiger partial charge on any atom is -0.495 e. The third-order valence-electron chi connectivity index (χ3n) is 6.16. The number of ether oxygens (including phenoxy) is 3. The van der Waals surface area contributed by atoms with Crippen molar-refractivity contribution < 1.29 is 27.4 Å². The van der Waals surface area contributed by atoms with E-state index in [1.807, 2.05) is 32.0 Å². The molecule has 3 aromatic carbocycles. The molecular weight excluding hydrogens is 480 g/mol. The van der Waals surface area contributed by atoms with Crippen molar-refractivity contribution in [3.63, 3.8) is 0 Å². The maximum Gasteiger partial charge on any atom is 0.265 e. The second kappa shape index (κ2) is 10.6. The molecule has 0 bridgehead atoms. The van der Waals surface area contributed by atoms with Gasteiger partial charge in [-0.05, 0) is 49.7 Å². The number of nitrogens with zero attached hydrogens (tertiary/aromatic N) is 1. The van der Waals surface area contributed by atoms with Crippen LogP contribution < -0.4 is 14.2 Å². The summed E-state index contributed by atoms with van der Waals surface area (Å²) in [5.41, 5.74) is 2.94. The molecule has 2 atom stereocenters. The summed E-state index contributed by atoms with van der Waals surface area (Å²) >= 11 is 0. The lowest BCUT2D eigenvalue weighted by Gasteiger charge is -2.19. The van der Waals surface area contributed by atoms with Crippen molar-refractivity contribution >= 4 is 21.6 Å². The molecule has 1 amide bonds. The van der Waals surface area contributed by atoms with Gasteiger partial charge in [-0.2, -0.15) is 0 Å². The maximum atomic E-state index is 13.2. The molecule has 1 saturated heterocycles. The van der Waals surface area contributed by atoms with Crippen molar-refractivity contribution in [2.24, 2.45) is 0 Å². The molecular formula is C27H30N2O6S. The quantitative estimate of drug-likeness (QED) is 0.492. The first-order chi connectivity index (χ1) is 17.2. The molecule has 4 rings (SSSR count). The van der Waals surface area contributed by atoms with Gasteiger partial charge < -0.3 is 19.1 Å². The van der Waals surface area contributed by atoms with E-state index in [0.717, 1.165) is 11.1 Å². The number of methoxy groups -OCH3 is 2. The minimum atomic E-state index is -3.88. The van der Waals surface area contributed by atoms with Crippen molar-refractivity contribution in [2.45, 2.75) is 31.0 Å². The smallest absolute Gasteiger partial charge is 0.265 e. The van der Waals surface area contributed by atoms with E-state index in [9.17, 15) is 13.2 Å². The number of anilines is 1. The summed E-state index contributed by atoms with van der Waals surface area (Å²) in [4.78, 5) is 15.0. The Kier molecular flexibility index (Phi) is 7.51. The van der Waals surface area contributed by atoms with Crippen LogP contribution in [0.3, 0.4) is 0 Å². The molecule has 1 heterocycles. The molecule has 8 nitrogen and oxygen atoms in total. The number of likely N-dealkylation sites (tertiary alicyclic amines) is 1. The molecule has 0 radical (unpaired) electrons. The fourth-order valence-electron chi connectivity index (χ4n) is 4.24. The average Bonchev–Trinajstić information content (AvgIpc) is 3.27. The molecule has 1 N–H and O–H groups in total. The predicted octanol–water partition coefficient (Wildman–Crippen LogP) is 4.03. The Bertz CT molecular complexity index is 1360. The van der Waals surface area contributed by atoms with E-state index in [4.69, 9.17) is 14.2 Å². The molecule has 0 unspecified atom stereocenters. The summed E-state index contributed by atoms with van der Waals surface area (Å²) in [5, 5.41) is 0. The Hall–Kier alpha value is -3.56. The van der Waals surface area contributed by atoms with Gasteiger partial charge in [-0.1, -0.05) is 35.9 Å². The Morgan fingerprint density at radius 2 is 1.69 bits per heavy atom. The third kappa shape index (κ3) is 5.47. The summed E-state index contributed by atoms with van der Waals surface area (Å²) in [5.74, 6) is 0.644. The lowest BCUT2D eigenvalue weighted by Crippen LogP contribution is -2.32. The number of para-hydroxylation sites is 1. The number of aryl methyl sites for hydroxylation is 2. The number of benzene rings is 3. The first-order valence-electron chi connectivity index (χ1n) is 11.5. The summed E-state index contributed by atoms with van der Waals surface area (Å²) in [7, 11) is -0.872. The molecule has 190 valence electrons. The van der Waals surface area contributed by atoms with Crippen LogP contribution in [0.4, 0.5) is 5.69 Å². The van der Waals surface area contributed by atoms with Gasteiger partial charge in [0.1, 0.15) is 28.6 Å². The van der Waals surface area contributed by atoms with E-state index >= 15 is 0 Å². The van der Waals surface area contributed by atoms with Gasteiger partial charge >= 0.3 is 0 Å². The van der Waals surface area contributed by atoms with Crippen LogP contribution in [0, 0.1) is 13.8 Å². The molecule has 0 aromatic heterocycles. The number of nitrogens with one attached hydrogen (secondary N) is 1. The number of sulfonamides is 1. The molecule has 36 heavy (non-hydrogen) atoms. The van der Waals surface area contributed by atoms with E-state index in [-0.39, 0.29) is 22.7 Å². The van der Waals surface area contributed by atoms with Gasteiger partial charge in [0, 0.05) is 18.7 Å². The summed E-state index contributed by atoms with van der Waals surface area (Å²) in [6.07, 6.45) is -0.738. The summed E-state index contributed by atoms with van der Waals surface area (Å²) < 4.78 is 45.4. The van der Waals surface area contributed by atoms with Crippen LogP contribution in [0.25, 0.3) is 0 Å². The molecule has 0 saturated carbocycles. The number of carbonyl (C=O) groups excluding carboxylic acids is 1. The third-order valence-corrected chi connectivity index (χ3v) is 7.58. The fraction of sp³-hybridized carbons (Fsp3) is 0.296. The lowest BCUT2D eigenvalue weighted by molar-refractivity contribution is 0.0340. The van der Waals surface area contributed by atoms with Gasteiger partial charge in [-0.25, -0.2) is 8.42 Å². The fourth-order valence-corrected chi connectivity index (χ4v) is 5.47. The standard InChI is InChI=1S/C27H30N2O6S/c1-18-12-13-19(2)22(14-18)27(30)29-16-24(34-4)25(17-29)35-21-9-7-8-20(15-21)28-36(31,32)26-11-6-5-10-23(26)33-3/h5-15,24-25,28H,16-17H2,1-4H3/t24-,25-/m0/s1. The van der Waals surface area contributed by atoms with E-state index in [0.29, 0.717) is 30.1 Å².